The van der Waals surface area contributed by atoms with Crippen molar-refractivity contribution >= 4 is 5.69 Å². The topological polar surface area (TPSA) is 49.5 Å². The van der Waals surface area contributed by atoms with E-state index in [0.29, 0.717) is 18.8 Å². The third kappa shape index (κ3) is 3.35. The van der Waals surface area contributed by atoms with E-state index in [2.05, 4.69) is 0 Å². The largest absolute Gasteiger partial charge is 0.395 e. The Morgan fingerprint density at radius 3 is 2.45 bits per heavy atom. The van der Waals surface area contributed by atoms with Crippen LogP contribution in [0.3, 0.4) is 0 Å². The predicted octanol–water partition coefficient (Wildman–Crippen LogP) is 2.28. The Morgan fingerprint density at radius 2 is 1.80 bits per heavy atom. The summed E-state index contributed by atoms with van der Waals surface area (Å²) < 4.78 is 14.1. The van der Waals surface area contributed by atoms with E-state index < -0.39 is 0 Å². The van der Waals surface area contributed by atoms with Gasteiger partial charge in [-0.3, -0.25) is 0 Å². The second kappa shape index (κ2) is 7.03. The highest BCUT2D eigenvalue weighted by atomic mass is 19.1. The SMILES string of the molecule is NCc1cccc(F)c1N(CCO)Cc1ccccc1. The summed E-state index contributed by atoms with van der Waals surface area (Å²) in [6.45, 7) is 1.13. The second-order valence-electron chi connectivity index (χ2n) is 4.58. The first-order valence-electron chi connectivity index (χ1n) is 6.63. The van der Waals surface area contributed by atoms with E-state index in [0.717, 1.165) is 11.1 Å². The van der Waals surface area contributed by atoms with E-state index in [4.69, 9.17) is 5.73 Å². The van der Waals surface area contributed by atoms with Crippen molar-refractivity contribution in [1.82, 2.24) is 0 Å². The van der Waals surface area contributed by atoms with Crippen molar-refractivity contribution < 1.29 is 9.50 Å². The molecule has 4 heteroatoms. The van der Waals surface area contributed by atoms with Gasteiger partial charge in [0.2, 0.25) is 0 Å². The van der Waals surface area contributed by atoms with Crippen molar-refractivity contribution in [3.8, 4) is 0 Å². The molecule has 2 aromatic rings. The third-order valence-electron chi connectivity index (χ3n) is 3.19. The number of aliphatic hydroxyl groups excluding tert-OH is 1. The van der Waals surface area contributed by atoms with Crippen molar-refractivity contribution in [2.24, 2.45) is 5.73 Å². The van der Waals surface area contributed by atoms with Crippen LogP contribution in [0.1, 0.15) is 11.1 Å². The van der Waals surface area contributed by atoms with Gasteiger partial charge in [0.05, 0.1) is 12.3 Å². The summed E-state index contributed by atoms with van der Waals surface area (Å²) in [5, 5.41) is 9.24. The zero-order valence-electron chi connectivity index (χ0n) is 11.3. The number of aliphatic hydroxyl groups is 1. The van der Waals surface area contributed by atoms with Crippen molar-refractivity contribution in [1.29, 1.82) is 0 Å². The monoisotopic (exact) mass is 274 g/mol. The van der Waals surface area contributed by atoms with Crippen molar-refractivity contribution in [3.05, 3.63) is 65.5 Å². The normalized spacial score (nSPS) is 10.6. The Morgan fingerprint density at radius 1 is 1.05 bits per heavy atom. The van der Waals surface area contributed by atoms with Crippen LogP contribution in [0.25, 0.3) is 0 Å². The lowest BCUT2D eigenvalue weighted by atomic mass is 10.1. The quantitative estimate of drug-likeness (QED) is 0.849. The summed E-state index contributed by atoms with van der Waals surface area (Å²) in [5.74, 6) is -0.308. The van der Waals surface area contributed by atoms with Gasteiger partial charge < -0.3 is 15.7 Å². The molecule has 0 atom stereocenters. The molecule has 3 N–H and O–H groups in total. The van der Waals surface area contributed by atoms with Gasteiger partial charge in [-0.15, -0.1) is 0 Å². The molecule has 0 heterocycles. The maximum Gasteiger partial charge on any atom is 0.146 e. The van der Waals surface area contributed by atoms with Gasteiger partial charge in [0, 0.05) is 19.6 Å². The fourth-order valence-corrected chi connectivity index (χ4v) is 2.27. The highest BCUT2D eigenvalue weighted by Crippen LogP contribution is 2.25. The zero-order chi connectivity index (χ0) is 14.4. The highest BCUT2D eigenvalue weighted by Gasteiger charge is 2.15. The Labute approximate surface area is 118 Å². The molecular weight excluding hydrogens is 255 g/mol. The van der Waals surface area contributed by atoms with E-state index in [1.165, 1.54) is 6.07 Å². The number of anilines is 1. The minimum Gasteiger partial charge on any atom is -0.395 e. The zero-order valence-corrected chi connectivity index (χ0v) is 11.3. The summed E-state index contributed by atoms with van der Waals surface area (Å²) in [6, 6.07) is 14.7. The fraction of sp³-hybridized carbons (Fsp3) is 0.250. The summed E-state index contributed by atoms with van der Waals surface area (Å²) in [4.78, 5) is 1.83. The van der Waals surface area contributed by atoms with Gasteiger partial charge in [-0.25, -0.2) is 4.39 Å². The van der Waals surface area contributed by atoms with Crippen molar-refractivity contribution in [2.45, 2.75) is 13.1 Å². The van der Waals surface area contributed by atoms with Gasteiger partial charge in [0.25, 0.3) is 0 Å². The number of para-hydroxylation sites is 1. The summed E-state index contributed by atoms with van der Waals surface area (Å²) in [5.41, 5.74) is 7.98. The summed E-state index contributed by atoms with van der Waals surface area (Å²) in [7, 11) is 0. The molecule has 0 bridgehead atoms. The smallest absolute Gasteiger partial charge is 0.146 e. The van der Waals surface area contributed by atoms with Crippen LogP contribution in [0.15, 0.2) is 48.5 Å². The molecule has 0 aliphatic heterocycles. The lowest BCUT2D eigenvalue weighted by molar-refractivity contribution is 0.301. The van der Waals surface area contributed by atoms with Gasteiger partial charge in [0.15, 0.2) is 0 Å². The minimum atomic E-state index is -0.308. The van der Waals surface area contributed by atoms with E-state index in [1.54, 1.807) is 6.07 Å². The Bertz CT molecular complexity index is 545. The number of halogens is 1. The van der Waals surface area contributed by atoms with Gasteiger partial charge in [-0.2, -0.15) is 0 Å². The fourth-order valence-electron chi connectivity index (χ4n) is 2.27. The molecule has 0 spiro atoms. The molecule has 0 aliphatic rings. The summed E-state index contributed by atoms with van der Waals surface area (Å²) >= 11 is 0. The molecule has 2 rings (SSSR count). The number of rotatable bonds is 6. The Balaban J connectivity index is 2.33. The molecular formula is C16H19FN2O. The first-order chi connectivity index (χ1) is 9.76. The first-order valence-corrected chi connectivity index (χ1v) is 6.63. The van der Waals surface area contributed by atoms with Gasteiger partial charge >= 0.3 is 0 Å². The highest BCUT2D eigenvalue weighted by molar-refractivity contribution is 5.55. The van der Waals surface area contributed by atoms with E-state index >= 15 is 0 Å². The van der Waals surface area contributed by atoms with Gasteiger partial charge in [-0.05, 0) is 17.2 Å². The molecule has 20 heavy (non-hydrogen) atoms. The molecule has 3 nitrogen and oxygen atoms in total. The van der Waals surface area contributed by atoms with Crippen LogP contribution in [0, 0.1) is 5.82 Å². The Kier molecular flexibility index (Phi) is 5.09. The molecule has 2 aromatic carbocycles. The van der Waals surface area contributed by atoms with Gasteiger partial charge in [0.1, 0.15) is 5.82 Å². The van der Waals surface area contributed by atoms with Crippen LogP contribution in [0.5, 0.6) is 0 Å². The van der Waals surface area contributed by atoms with E-state index in [9.17, 15) is 9.50 Å². The third-order valence-corrected chi connectivity index (χ3v) is 3.19. The molecule has 0 aliphatic carbocycles. The number of hydrogen-bond acceptors (Lipinski definition) is 3. The Hall–Kier alpha value is -1.91. The summed E-state index contributed by atoms with van der Waals surface area (Å²) in [6.07, 6.45) is 0. The van der Waals surface area contributed by atoms with E-state index in [1.807, 2.05) is 41.3 Å². The number of nitrogens with two attached hydrogens (primary N) is 1. The standard InChI is InChI=1S/C16H19FN2O/c17-15-8-4-7-14(11-18)16(15)19(9-10-20)12-13-5-2-1-3-6-13/h1-8,20H,9-12,18H2. The van der Waals surface area contributed by atoms with Crippen LogP contribution < -0.4 is 10.6 Å². The van der Waals surface area contributed by atoms with Gasteiger partial charge in [-0.1, -0.05) is 42.5 Å². The minimum absolute atomic E-state index is 0.0365. The molecule has 0 saturated carbocycles. The van der Waals surface area contributed by atoms with Crippen molar-refractivity contribution in [3.63, 3.8) is 0 Å². The predicted molar refractivity (Wildman–Crippen MR) is 78.9 cm³/mol. The number of hydrogen-bond donors (Lipinski definition) is 2. The molecule has 0 unspecified atom stereocenters. The van der Waals surface area contributed by atoms with Crippen LogP contribution in [-0.2, 0) is 13.1 Å². The molecule has 0 radical (unpaired) electrons. The van der Waals surface area contributed by atoms with Crippen molar-refractivity contribution in [2.75, 3.05) is 18.1 Å². The average molecular weight is 274 g/mol. The first kappa shape index (κ1) is 14.5. The van der Waals surface area contributed by atoms with E-state index in [-0.39, 0.29) is 19.0 Å². The van der Waals surface area contributed by atoms with Crippen LogP contribution >= 0.6 is 0 Å². The number of benzene rings is 2. The maximum atomic E-state index is 14.1. The average Bonchev–Trinajstić information content (AvgIpc) is 2.47. The molecule has 0 amide bonds. The number of nitrogens with zero attached hydrogens (tertiary/aromatic N) is 1. The lowest BCUT2D eigenvalue weighted by Gasteiger charge is -2.26. The lowest BCUT2D eigenvalue weighted by Crippen LogP contribution is -2.28. The maximum absolute atomic E-state index is 14.1. The second-order valence-corrected chi connectivity index (χ2v) is 4.58. The van der Waals surface area contributed by atoms with Crippen LogP contribution in [-0.4, -0.2) is 18.3 Å². The van der Waals surface area contributed by atoms with Crippen LogP contribution in [0.4, 0.5) is 10.1 Å². The molecule has 0 fully saturated rings. The molecule has 0 aromatic heterocycles. The molecule has 106 valence electrons. The molecule has 0 saturated heterocycles. The van der Waals surface area contributed by atoms with Crippen LogP contribution in [0.2, 0.25) is 0 Å².